The van der Waals surface area contributed by atoms with Crippen molar-refractivity contribution in [2.45, 2.75) is 57.9 Å². The van der Waals surface area contributed by atoms with Crippen molar-refractivity contribution in [2.75, 3.05) is 4.72 Å². The Balaban J connectivity index is 1.88. The van der Waals surface area contributed by atoms with Crippen molar-refractivity contribution in [3.05, 3.63) is 70.9 Å². The van der Waals surface area contributed by atoms with Gasteiger partial charge >= 0.3 is 5.97 Å². The van der Waals surface area contributed by atoms with Crippen molar-refractivity contribution in [1.82, 2.24) is 9.97 Å². The number of nitrogens with zero attached hydrogens (tertiary/aromatic N) is 2. The van der Waals surface area contributed by atoms with Crippen LogP contribution in [0.25, 0.3) is 11.3 Å². The lowest BCUT2D eigenvalue weighted by molar-refractivity contribution is 0.0696. The fourth-order valence-corrected chi connectivity index (χ4v) is 4.50. The van der Waals surface area contributed by atoms with Gasteiger partial charge in [-0.2, -0.15) is 0 Å². The highest BCUT2D eigenvalue weighted by Gasteiger charge is 2.13. The number of rotatable bonds is 10. The van der Waals surface area contributed by atoms with Crippen LogP contribution >= 0.6 is 11.9 Å². The van der Waals surface area contributed by atoms with Crippen LogP contribution in [0.15, 0.2) is 53.4 Å². The molecule has 0 saturated carbocycles. The molecule has 0 bridgehead atoms. The van der Waals surface area contributed by atoms with Crippen LogP contribution in [-0.2, 0) is 6.42 Å². The van der Waals surface area contributed by atoms with Gasteiger partial charge in [-0.05, 0) is 86.4 Å². The number of benzene rings is 2. The summed E-state index contributed by atoms with van der Waals surface area (Å²) in [6, 6.07) is 15.2. The Morgan fingerprint density at radius 2 is 1.79 bits per heavy atom. The maximum atomic E-state index is 11.3. The van der Waals surface area contributed by atoms with Crippen molar-refractivity contribution in [2.24, 2.45) is 11.7 Å². The van der Waals surface area contributed by atoms with Crippen molar-refractivity contribution >= 4 is 23.9 Å². The number of aromatic carboxylic acids is 1. The minimum atomic E-state index is -0.953. The van der Waals surface area contributed by atoms with Gasteiger partial charge in [-0.1, -0.05) is 38.1 Å². The average molecular weight is 465 g/mol. The number of nitrogens with one attached hydrogen (secondary N) is 1. The van der Waals surface area contributed by atoms with Gasteiger partial charge in [0.1, 0.15) is 0 Å². The van der Waals surface area contributed by atoms with Crippen molar-refractivity contribution in [3.63, 3.8) is 0 Å². The average Bonchev–Trinajstić information content (AvgIpc) is 2.76. The number of carboxylic acids is 1. The fraction of sp³-hybridized carbons (Fsp3) is 0.346. The predicted octanol–water partition coefficient (Wildman–Crippen LogP) is 5.88. The monoisotopic (exact) mass is 464 g/mol. The fourth-order valence-electron chi connectivity index (χ4n) is 3.87. The highest BCUT2D eigenvalue weighted by atomic mass is 32.2. The lowest BCUT2D eigenvalue weighted by Gasteiger charge is -2.15. The van der Waals surface area contributed by atoms with E-state index in [0.717, 1.165) is 52.2 Å². The Bertz CT molecular complexity index is 1100. The number of nitrogens with two attached hydrogens (primary N) is 1. The second kappa shape index (κ2) is 11.3. The van der Waals surface area contributed by atoms with E-state index in [0.29, 0.717) is 11.9 Å². The summed E-state index contributed by atoms with van der Waals surface area (Å²) in [5.41, 5.74) is 11.8. The van der Waals surface area contributed by atoms with E-state index in [1.165, 1.54) is 11.9 Å². The third kappa shape index (κ3) is 7.04. The number of aromatic nitrogens is 2. The summed E-state index contributed by atoms with van der Waals surface area (Å²) in [5.74, 6) is 0.102. The Hall–Kier alpha value is -2.90. The summed E-state index contributed by atoms with van der Waals surface area (Å²) in [7, 11) is 0. The van der Waals surface area contributed by atoms with Crippen molar-refractivity contribution in [1.29, 1.82) is 0 Å². The third-order valence-electron chi connectivity index (χ3n) is 5.40. The highest BCUT2D eigenvalue weighted by Crippen LogP contribution is 2.28. The molecule has 0 unspecified atom stereocenters. The van der Waals surface area contributed by atoms with Gasteiger partial charge in [0, 0.05) is 22.2 Å². The van der Waals surface area contributed by atoms with E-state index in [9.17, 15) is 9.90 Å². The standard InChI is InChI=1S/C26H32N4O2S/c1-16(2)13-20(27)11-12-21-15-23(24-17(3)7-5-8-18(24)4)29-26(28-21)30-33-22-10-6-9-19(14-22)25(31)32/h5-10,14-16,20H,11-13,27H2,1-4H3,(H,31,32)(H,28,29,30)/t20-/m0/s1. The lowest BCUT2D eigenvalue weighted by Crippen LogP contribution is -2.23. The maximum absolute atomic E-state index is 11.3. The zero-order valence-corrected chi connectivity index (χ0v) is 20.4. The molecule has 0 radical (unpaired) electrons. The first-order valence-electron chi connectivity index (χ1n) is 11.2. The van der Waals surface area contributed by atoms with Gasteiger partial charge < -0.3 is 10.8 Å². The van der Waals surface area contributed by atoms with Crippen molar-refractivity contribution < 1.29 is 9.90 Å². The first-order chi connectivity index (χ1) is 15.7. The molecule has 2 aromatic carbocycles. The summed E-state index contributed by atoms with van der Waals surface area (Å²) >= 11 is 1.30. The van der Waals surface area contributed by atoms with Crippen LogP contribution < -0.4 is 10.5 Å². The topological polar surface area (TPSA) is 101 Å². The van der Waals surface area contributed by atoms with Crippen LogP contribution in [0.4, 0.5) is 5.95 Å². The molecule has 174 valence electrons. The van der Waals surface area contributed by atoms with E-state index < -0.39 is 5.97 Å². The number of aryl methyl sites for hydroxylation is 3. The number of hydrogen-bond donors (Lipinski definition) is 3. The van der Waals surface area contributed by atoms with Gasteiger partial charge in [0.2, 0.25) is 5.95 Å². The molecule has 0 spiro atoms. The van der Waals surface area contributed by atoms with E-state index in [2.05, 4.69) is 50.6 Å². The summed E-state index contributed by atoms with van der Waals surface area (Å²) in [6.07, 6.45) is 2.60. The largest absolute Gasteiger partial charge is 0.478 e. The Morgan fingerprint density at radius 1 is 1.09 bits per heavy atom. The number of carbonyl (C=O) groups is 1. The lowest BCUT2D eigenvalue weighted by atomic mass is 9.97. The molecule has 0 aliphatic heterocycles. The highest BCUT2D eigenvalue weighted by molar-refractivity contribution is 8.00. The van der Waals surface area contributed by atoms with Crippen LogP contribution in [-0.4, -0.2) is 27.1 Å². The molecular formula is C26H32N4O2S. The van der Waals surface area contributed by atoms with Crippen LogP contribution in [0, 0.1) is 19.8 Å². The van der Waals surface area contributed by atoms with Crippen LogP contribution in [0.3, 0.4) is 0 Å². The summed E-state index contributed by atoms with van der Waals surface area (Å²) in [5, 5.41) is 9.24. The molecule has 0 aliphatic rings. The summed E-state index contributed by atoms with van der Waals surface area (Å²) in [6.45, 7) is 8.54. The van der Waals surface area contributed by atoms with Crippen molar-refractivity contribution in [3.8, 4) is 11.3 Å². The second-order valence-corrected chi connectivity index (χ2v) is 9.68. The molecule has 0 fully saturated rings. The quantitative estimate of drug-likeness (QED) is 0.322. The Morgan fingerprint density at radius 3 is 2.45 bits per heavy atom. The number of carboxylic acid groups (broad SMARTS) is 1. The van der Waals surface area contributed by atoms with Gasteiger partial charge in [-0.25, -0.2) is 14.8 Å². The molecule has 7 heteroatoms. The molecule has 1 atom stereocenters. The minimum Gasteiger partial charge on any atom is -0.478 e. The molecule has 4 N–H and O–H groups in total. The normalized spacial score (nSPS) is 12.1. The minimum absolute atomic E-state index is 0.133. The first-order valence-corrected chi connectivity index (χ1v) is 12.0. The second-order valence-electron chi connectivity index (χ2n) is 8.80. The van der Waals surface area contributed by atoms with Gasteiger partial charge in [0.15, 0.2) is 0 Å². The van der Waals surface area contributed by atoms with Crippen LogP contribution in [0.5, 0.6) is 0 Å². The molecule has 1 aromatic heterocycles. The smallest absolute Gasteiger partial charge is 0.335 e. The van der Waals surface area contributed by atoms with Gasteiger partial charge in [-0.15, -0.1) is 0 Å². The molecule has 33 heavy (non-hydrogen) atoms. The van der Waals surface area contributed by atoms with E-state index in [-0.39, 0.29) is 11.6 Å². The van der Waals surface area contributed by atoms with E-state index in [1.807, 2.05) is 12.1 Å². The van der Waals surface area contributed by atoms with Crippen LogP contribution in [0.1, 0.15) is 53.9 Å². The Kier molecular flexibility index (Phi) is 8.47. The van der Waals surface area contributed by atoms with Gasteiger partial charge in [0.25, 0.3) is 0 Å². The molecule has 0 amide bonds. The van der Waals surface area contributed by atoms with Gasteiger partial charge in [0.05, 0.1) is 11.3 Å². The van der Waals surface area contributed by atoms with E-state index >= 15 is 0 Å². The maximum Gasteiger partial charge on any atom is 0.335 e. The first kappa shape index (κ1) is 24.7. The van der Waals surface area contributed by atoms with Gasteiger partial charge in [-0.3, -0.25) is 4.72 Å². The van der Waals surface area contributed by atoms with Crippen LogP contribution in [0.2, 0.25) is 0 Å². The summed E-state index contributed by atoms with van der Waals surface area (Å²) < 4.78 is 3.21. The van der Waals surface area contributed by atoms with E-state index in [4.69, 9.17) is 15.7 Å². The van der Waals surface area contributed by atoms with E-state index in [1.54, 1.807) is 18.2 Å². The molecule has 3 aromatic rings. The molecule has 1 heterocycles. The number of hydrogen-bond acceptors (Lipinski definition) is 6. The molecule has 0 aliphatic carbocycles. The Labute approximate surface area is 200 Å². The third-order valence-corrected chi connectivity index (χ3v) is 6.18. The molecular weight excluding hydrogens is 432 g/mol. The molecule has 0 saturated heterocycles. The zero-order valence-electron chi connectivity index (χ0n) is 19.6. The number of anilines is 1. The molecule has 3 rings (SSSR count). The zero-order chi connectivity index (χ0) is 24.0. The predicted molar refractivity (Wildman–Crippen MR) is 136 cm³/mol. The SMILES string of the molecule is Cc1cccc(C)c1-c1cc(CC[C@H](N)CC(C)C)nc(NSc2cccc(C(=O)O)c2)n1. The summed E-state index contributed by atoms with van der Waals surface area (Å²) in [4.78, 5) is 21.6. The molecule has 6 nitrogen and oxygen atoms in total.